The summed E-state index contributed by atoms with van der Waals surface area (Å²) in [6.07, 6.45) is -0.281. The minimum Gasteiger partial charge on any atom is -0.497 e. The minimum absolute atomic E-state index is 0.286. The van der Waals surface area contributed by atoms with Crippen LogP contribution in [-0.2, 0) is 33.9 Å². The van der Waals surface area contributed by atoms with Crippen molar-refractivity contribution in [2.24, 2.45) is 0 Å². The minimum atomic E-state index is -1.12. The molecule has 0 radical (unpaired) electrons. The summed E-state index contributed by atoms with van der Waals surface area (Å²) in [5, 5.41) is 23.0. The van der Waals surface area contributed by atoms with Crippen LogP contribution < -0.4 is 14.4 Å². The Hall–Kier alpha value is -4.23. The second-order valence-electron chi connectivity index (χ2n) is 12.7. The fraction of sp³-hybridized carbons (Fsp3) is 0.351. The number of hydrogen-bond acceptors (Lipinski definition) is 10. The number of hydrogen-bond donors (Lipinski definition) is 2. The molecule has 49 heavy (non-hydrogen) atoms. The normalized spacial score (nSPS) is 21.9. The van der Waals surface area contributed by atoms with Gasteiger partial charge in [-0.05, 0) is 78.6 Å². The number of anilines is 1. The summed E-state index contributed by atoms with van der Waals surface area (Å²) in [6.45, 7) is 4.55. The van der Waals surface area contributed by atoms with Gasteiger partial charge in [0.25, 0.3) is 0 Å². The summed E-state index contributed by atoms with van der Waals surface area (Å²) < 4.78 is 32.0. The first-order valence-corrected chi connectivity index (χ1v) is 16.5. The smallest absolute Gasteiger partial charge is 0.164 e. The van der Waals surface area contributed by atoms with Gasteiger partial charge in [0.05, 0.1) is 26.2 Å². The first kappa shape index (κ1) is 33.3. The topological polar surface area (TPSA) is 121 Å². The molecule has 2 aliphatic heterocycles. The van der Waals surface area contributed by atoms with Gasteiger partial charge >= 0.3 is 0 Å². The lowest BCUT2D eigenvalue weighted by atomic mass is 9.95. The van der Waals surface area contributed by atoms with Gasteiger partial charge < -0.3 is 43.4 Å². The van der Waals surface area contributed by atoms with E-state index in [4.69, 9.17) is 45.3 Å². The van der Waals surface area contributed by atoms with E-state index in [1.165, 1.54) is 0 Å². The first-order valence-electron chi connectivity index (χ1n) is 16.1. The highest BCUT2D eigenvalue weighted by Crippen LogP contribution is 2.48. The Kier molecular flexibility index (Phi) is 9.23. The van der Waals surface area contributed by atoms with E-state index >= 15 is 0 Å². The summed E-state index contributed by atoms with van der Waals surface area (Å²) in [4.78, 5) is 11.7. The fourth-order valence-electron chi connectivity index (χ4n) is 6.79. The molecule has 0 spiro atoms. The highest BCUT2D eigenvalue weighted by atomic mass is 35.5. The van der Waals surface area contributed by atoms with Crippen molar-refractivity contribution in [1.82, 2.24) is 14.5 Å². The van der Waals surface area contributed by atoms with Gasteiger partial charge in [0.2, 0.25) is 0 Å². The number of methoxy groups -OCH3 is 2. The van der Waals surface area contributed by atoms with E-state index in [0.717, 1.165) is 33.8 Å². The number of aliphatic hydroxyl groups is 2. The van der Waals surface area contributed by atoms with Gasteiger partial charge in [-0.25, -0.2) is 9.97 Å². The summed E-state index contributed by atoms with van der Waals surface area (Å²) in [6, 6.07) is 23.0. The van der Waals surface area contributed by atoms with E-state index in [-0.39, 0.29) is 6.61 Å². The molecular formula is C37H39ClN4O7. The van der Waals surface area contributed by atoms with Crippen molar-refractivity contribution in [1.29, 1.82) is 0 Å². The molecular weight excluding hydrogens is 648 g/mol. The van der Waals surface area contributed by atoms with E-state index in [2.05, 4.69) is 4.90 Å². The molecule has 11 nitrogen and oxygen atoms in total. The Labute approximate surface area is 289 Å². The molecule has 2 saturated heterocycles. The van der Waals surface area contributed by atoms with E-state index in [1.807, 2.05) is 79.2 Å². The van der Waals surface area contributed by atoms with Crippen molar-refractivity contribution >= 4 is 28.5 Å². The fourth-order valence-corrected chi connectivity index (χ4v) is 6.98. The maximum atomic E-state index is 11.7. The van der Waals surface area contributed by atoms with Crippen LogP contribution >= 0.6 is 11.6 Å². The summed E-state index contributed by atoms with van der Waals surface area (Å²) in [5.74, 6) is 1.41. The average molecular weight is 687 g/mol. The number of aliphatic hydroxyl groups excluding tert-OH is 2. The molecule has 2 N–H and O–H groups in total. The van der Waals surface area contributed by atoms with Gasteiger partial charge in [0.1, 0.15) is 53.7 Å². The molecule has 4 heterocycles. The van der Waals surface area contributed by atoms with Crippen molar-refractivity contribution in [2.45, 2.75) is 70.0 Å². The second kappa shape index (κ2) is 13.6. The molecule has 2 aliphatic rings. The van der Waals surface area contributed by atoms with Crippen molar-refractivity contribution in [3.05, 3.63) is 113 Å². The number of aromatic nitrogens is 3. The molecule has 7 rings (SSSR count). The number of benzene rings is 3. The van der Waals surface area contributed by atoms with Crippen LogP contribution in [0.3, 0.4) is 0 Å². The van der Waals surface area contributed by atoms with Crippen LogP contribution in [0, 0.1) is 0 Å². The molecule has 0 aliphatic carbocycles. The molecule has 12 heteroatoms. The number of ether oxygens (including phenoxy) is 5. The van der Waals surface area contributed by atoms with Gasteiger partial charge in [0, 0.05) is 24.3 Å². The molecule has 3 aromatic carbocycles. The highest BCUT2D eigenvalue weighted by Gasteiger charge is 2.58. The number of rotatable bonds is 11. The number of fused-ring (bicyclic) bond motifs is 2. The van der Waals surface area contributed by atoms with E-state index in [0.29, 0.717) is 34.9 Å². The van der Waals surface area contributed by atoms with E-state index < -0.39 is 36.4 Å². The molecule has 0 bridgehead atoms. The highest BCUT2D eigenvalue weighted by molar-refractivity contribution is 6.30. The van der Waals surface area contributed by atoms with Gasteiger partial charge in [-0.2, -0.15) is 0 Å². The van der Waals surface area contributed by atoms with Crippen LogP contribution in [0.25, 0.3) is 11.0 Å². The van der Waals surface area contributed by atoms with Crippen molar-refractivity contribution in [3.63, 3.8) is 0 Å². The Morgan fingerprint density at radius 2 is 1.53 bits per heavy atom. The van der Waals surface area contributed by atoms with Crippen LogP contribution in [0.15, 0.2) is 85.3 Å². The Morgan fingerprint density at radius 3 is 2.14 bits per heavy atom. The quantitative estimate of drug-likeness (QED) is 0.172. The maximum Gasteiger partial charge on any atom is 0.164 e. The zero-order valence-corrected chi connectivity index (χ0v) is 28.4. The largest absolute Gasteiger partial charge is 0.497 e. The maximum absolute atomic E-state index is 11.7. The SMILES string of the molecule is COc1ccc(CN(Cc2ccc(OC)cc2)c2ncnc3c2ccn3[C@@H]2O[C@H]([C@H](O)c3ccc(Cl)cc3CO)[C@H]3OC(C)(C)O[C@H]32)cc1. The summed E-state index contributed by atoms with van der Waals surface area (Å²) in [7, 11) is 3.31. The lowest BCUT2D eigenvalue weighted by Crippen LogP contribution is -2.34. The Bertz CT molecular complexity index is 1870. The van der Waals surface area contributed by atoms with Crippen molar-refractivity contribution in [3.8, 4) is 11.5 Å². The van der Waals surface area contributed by atoms with Crippen LogP contribution in [0.1, 0.15) is 48.4 Å². The van der Waals surface area contributed by atoms with Crippen LogP contribution in [0.4, 0.5) is 5.82 Å². The molecule has 5 atom stereocenters. The van der Waals surface area contributed by atoms with Crippen molar-refractivity contribution < 1.29 is 33.9 Å². The second-order valence-corrected chi connectivity index (χ2v) is 13.1. The van der Waals surface area contributed by atoms with Crippen LogP contribution in [-0.4, -0.2) is 63.1 Å². The predicted molar refractivity (Wildman–Crippen MR) is 183 cm³/mol. The molecule has 5 aromatic rings. The van der Waals surface area contributed by atoms with Gasteiger partial charge in [-0.1, -0.05) is 41.9 Å². The molecule has 2 fully saturated rings. The third kappa shape index (κ3) is 6.58. The van der Waals surface area contributed by atoms with Crippen molar-refractivity contribution in [2.75, 3.05) is 19.1 Å². The Morgan fingerprint density at radius 1 is 0.898 bits per heavy atom. The molecule has 256 valence electrons. The zero-order chi connectivity index (χ0) is 34.3. The standard InChI is InChI=1S/C37H39ClN4O7/c1-37(2)48-32-31(30(44)28-14-9-25(38)17-24(28)20-43)47-36(33(32)49-37)42-16-15-29-34(39-21-40-35(29)42)41(18-22-5-10-26(45-3)11-6-22)19-23-7-12-27(46-4)13-8-23/h5-17,21,30-33,36,43-44H,18-20H2,1-4H3/t30-,31-,32-,33-,36-/m1/s1. The summed E-state index contributed by atoms with van der Waals surface area (Å²) >= 11 is 6.19. The number of nitrogens with zero attached hydrogens (tertiary/aromatic N) is 4. The lowest BCUT2D eigenvalue weighted by Gasteiger charge is -2.28. The third-order valence-corrected chi connectivity index (χ3v) is 9.33. The predicted octanol–water partition coefficient (Wildman–Crippen LogP) is 5.95. The van der Waals surface area contributed by atoms with Crippen LogP contribution in [0.2, 0.25) is 5.02 Å². The lowest BCUT2D eigenvalue weighted by molar-refractivity contribution is -0.207. The molecule has 0 amide bonds. The van der Waals surface area contributed by atoms with E-state index in [1.54, 1.807) is 38.7 Å². The molecule has 2 aromatic heterocycles. The third-order valence-electron chi connectivity index (χ3n) is 9.10. The monoisotopic (exact) mass is 686 g/mol. The average Bonchev–Trinajstić information content (AvgIpc) is 3.78. The van der Waals surface area contributed by atoms with Gasteiger partial charge in [-0.3, -0.25) is 0 Å². The Balaban J connectivity index is 1.25. The van der Waals surface area contributed by atoms with Gasteiger partial charge in [-0.15, -0.1) is 0 Å². The first-order chi connectivity index (χ1) is 23.7. The number of halogens is 1. The van der Waals surface area contributed by atoms with E-state index in [9.17, 15) is 10.2 Å². The van der Waals surface area contributed by atoms with Gasteiger partial charge in [0.15, 0.2) is 12.0 Å². The molecule has 0 saturated carbocycles. The molecule has 0 unspecified atom stereocenters. The van der Waals surface area contributed by atoms with Crippen LogP contribution in [0.5, 0.6) is 11.5 Å². The zero-order valence-electron chi connectivity index (χ0n) is 27.7. The summed E-state index contributed by atoms with van der Waals surface area (Å²) in [5.41, 5.74) is 3.85.